The fourth-order valence-corrected chi connectivity index (χ4v) is 7.07. The van der Waals surface area contributed by atoms with E-state index in [0.717, 1.165) is 11.1 Å². The van der Waals surface area contributed by atoms with Crippen molar-refractivity contribution in [2.75, 3.05) is 41.7 Å². The minimum absolute atomic E-state index is 0.493. The number of methoxy groups -OCH3 is 4. The van der Waals surface area contributed by atoms with E-state index in [-0.39, 0.29) is 0 Å². The molecule has 8 nitrogen and oxygen atoms in total. The average Bonchev–Trinajstić information content (AvgIpc) is 3.10. The summed E-state index contributed by atoms with van der Waals surface area (Å²) >= 11 is 0. The standard InChI is InChI=1S/C38H42O8S/c1-7-45-33-21-9-27(25-35(33)43-5)11-23-37(29-13-17-31(41-3)18-14-29)47(39,40)38(30-15-19-32(42-4)20-16-30)24-12-28-10-22-34(46-8-2)36(26-28)44-6/h9-26,37-38H,7-8H2,1-6H3. The second-order valence-electron chi connectivity index (χ2n) is 10.4. The van der Waals surface area contributed by atoms with E-state index < -0.39 is 20.3 Å². The van der Waals surface area contributed by atoms with Crippen molar-refractivity contribution in [1.29, 1.82) is 0 Å². The highest BCUT2D eigenvalue weighted by Crippen LogP contribution is 2.39. The van der Waals surface area contributed by atoms with Crippen molar-refractivity contribution in [2.24, 2.45) is 0 Å². The van der Waals surface area contributed by atoms with Crippen molar-refractivity contribution in [1.82, 2.24) is 0 Å². The lowest BCUT2D eigenvalue weighted by molar-refractivity contribution is 0.311. The normalized spacial score (nSPS) is 12.9. The number of hydrogen-bond donors (Lipinski definition) is 0. The van der Waals surface area contributed by atoms with Gasteiger partial charge in [-0.3, -0.25) is 0 Å². The van der Waals surface area contributed by atoms with E-state index >= 15 is 0 Å². The fourth-order valence-electron chi connectivity index (χ4n) is 5.09. The molecular weight excluding hydrogens is 616 g/mol. The Morgan fingerprint density at radius 2 is 0.915 bits per heavy atom. The van der Waals surface area contributed by atoms with Gasteiger partial charge in [0.05, 0.1) is 41.7 Å². The summed E-state index contributed by atoms with van der Waals surface area (Å²) in [6, 6.07) is 25.1. The largest absolute Gasteiger partial charge is 0.497 e. The first-order chi connectivity index (χ1) is 22.8. The first-order valence-corrected chi connectivity index (χ1v) is 16.9. The maximum absolute atomic E-state index is 14.9. The predicted octanol–water partition coefficient (Wildman–Crippen LogP) is 8.14. The smallest absolute Gasteiger partial charge is 0.171 e. The van der Waals surface area contributed by atoms with Crippen LogP contribution >= 0.6 is 0 Å². The average molecular weight is 659 g/mol. The molecule has 0 saturated carbocycles. The summed E-state index contributed by atoms with van der Waals surface area (Å²) in [5.41, 5.74) is 2.71. The lowest BCUT2D eigenvalue weighted by Crippen LogP contribution is -2.19. The van der Waals surface area contributed by atoms with Gasteiger partial charge in [-0.1, -0.05) is 60.7 Å². The minimum atomic E-state index is -3.98. The third kappa shape index (κ3) is 8.68. The summed E-state index contributed by atoms with van der Waals surface area (Å²) in [5.74, 6) is 3.59. The van der Waals surface area contributed by atoms with Crippen molar-refractivity contribution in [3.05, 3.63) is 119 Å². The minimum Gasteiger partial charge on any atom is -0.497 e. The molecule has 0 aliphatic rings. The Balaban J connectivity index is 1.83. The highest BCUT2D eigenvalue weighted by Gasteiger charge is 2.33. The molecule has 0 N–H and O–H groups in total. The SMILES string of the molecule is CCOc1ccc(C=CC(c2ccc(OC)cc2)S(=O)(=O)C(C=Cc2ccc(OCC)c(OC)c2)c2ccc(OC)cc2)cc1OC. The van der Waals surface area contributed by atoms with Crippen LogP contribution in [0.3, 0.4) is 0 Å². The van der Waals surface area contributed by atoms with Crippen LogP contribution in [0.2, 0.25) is 0 Å². The van der Waals surface area contributed by atoms with Crippen molar-refractivity contribution in [2.45, 2.75) is 24.3 Å². The van der Waals surface area contributed by atoms with Gasteiger partial charge in [-0.15, -0.1) is 0 Å². The molecule has 2 unspecified atom stereocenters. The third-order valence-corrected chi connectivity index (χ3v) is 9.77. The highest BCUT2D eigenvalue weighted by molar-refractivity contribution is 7.92. The molecule has 4 rings (SSSR count). The van der Waals surface area contributed by atoms with E-state index in [1.54, 1.807) is 101 Å². The van der Waals surface area contributed by atoms with E-state index in [2.05, 4.69) is 0 Å². The first-order valence-electron chi connectivity index (χ1n) is 15.3. The highest BCUT2D eigenvalue weighted by atomic mass is 32.2. The summed E-state index contributed by atoms with van der Waals surface area (Å²) < 4.78 is 62.8. The van der Waals surface area contributed by atoms with Crippen molar-refractivity contribution < 1.29 is 36.8 Å². The molecular formula is C38H42O8S. The van der Waals surface area contributed by atoms with Gasteiger partial charge >= 0.3 is 0 Å². The lowest BCUT2D eigenvalue weighted by Gasteiger charge is -2.22. The Labute approximate surface area is 278 Å². The summed E-state index contributed by atoms with van der Waals surface area (Å²) in [7, 11) is 2.31. The lowest BCUT2D eigenvalue weighted by atomic mass is 10.1. The number of rotatable bonds is 16. The topological polar surface area (TPSA) is 89.5 Å². The zero-order valence-electron chi connectivity index (χ0n) is 27.6. The molecule has 0 aliphatic carbocycles. The molecule has 0 saturated heterocycles. The van der Waals surface area contributed by atoms with Crippen LogP contribution in [0.5, 0.6) is 34.5 Å². The summed E-state index contributed by atoms with van der Waals surface area (Å²) in [6.07, 6.45) is 6.99. The molecule has 4 aromatic rings. The molecule has 47 heavy (non-hydrogen) atoms. The Morgan fingerprint density at radius 1 is 0.532 bits per heavy atom. The molecule has 0 amide bonds. The number of benzene rings is 4. The van der Waals surface area contributed by atoms with Gasteiger partial charge in [0.25, 0.3) is 0 Å². The van der Waals surface area contributed by atoms with Crippen LogP contribution in [0.15, 0.2) is 97.1 Å². The van der Waals surface area contributed by atoms with Crippen LogP contribution in [0.4, 0.5) is 0 Å². The van der Waals surface area contributed by atoms with Gasteiger partial charge in [0.1, 0.15) is 22.0 Å². The van der Waals surface area contributed by atoms with Gasteiger partial charge < -0.3 is 28.4 Å². The Kier molecular flexibility index (Phi) is 12.4. The quantitative estimate of drug-likeness (QED) is 0.119. The zero-order valence-corrected chi connectivity index (χ0v) is 28.5. The van der Waals surface area contributed by atoms with Crippen molar-refractivity contribution in [3.63, 3.8) is 0 Å². The van der Waals surface area contributed by atoms with Gasteiger partial charge in [-0.2, -0.15) is 0 Å². The Morgan fingerprint density at radius 3 is 1.23 bits per heavy atom. The second-order valence-corrected chi connectivity index (χ2v) is 12.6. The fraction of sp³-hybridized carbons (Fsp3) is 0.263. The second kappa shape index (κ2) is 16.6. The molecule has 4 aromatic carbocycles. The van der Waals surface area contributed by atoms with Gasteiger partial charge in [-0.05, 0) is 84.6 Å². The third-order valence-electron chi connectivity index (χ3n) is 7.50. The van der Waals surface area contributed by atoms with Gasteiger partial charge in [0, 0.05) is 0 Å². The van der Waals surface area contributed by atoms with E-state index in [0.29, 0.717) is 58.8 Å². The molecule has 0 heterocycles. The van der Waals surface area contributed by atoms with Crippen LogP contribution in [-0.4, -0.2) is 50.1 Å². The molecule has 0 radical (unpaired) electrons. The van der Waals surface area contributed by atoms with Crippen LogP contribution < -0.4 is 28.4 Å². The number of hydrogen-bond acceptors (Lipinski definition) is 8. The van der Waals surface area contributed by atoms with Crippen molar-refractivity contribution >= 4 is 22.0 Å². The van der Waals surface area contributed by atoms with Gasteiger partial charge in [0.2, 0.25) is 0 Å². The summed E-state index contributed by atoms with van der Waals surface area (Å²) in [5, 5.41) is -2.03. The Hall–Kier alpha value is -4.89. The number of ether oxygens (including phenoxy) is 6. The van der Waals surface area contributed by atoms with Crippen LogP contribution in [0, 0.1) is 0 Å². The molecule has 0 bridgehead atoms. The van der Waals surface area contributed by atoms with Crippen molar-refractivity contribution in [3.8, 4) is 34.5 Å². The van der Waals surface area contributed by atoms with E-state index in [1.807, 2.05) is 50.2 Å². The molecule has 0 spiro atoms. The van der Waals surface area contributed by atoms with Crippen LogP contribution in [0.25, 0.3) is 12.2 Å². The molecule has 9 heteroatoms. The van der Waals surface area contributed by atoms with Gasteiger partial charge in [0.15, 0.2) is 32.8 Å². The summed E-state index contributed by atoms with van der Waals surface area (Å²) in [6.45, 7) is 4.79. The molecule has 0 aliphatic heterocycles. The van der Waals surface area contributed by atoms with Crippen LogP contribution in [-0.2, 0) is 9.84 Å². The van der Waals surface area contributed by atoms with E-state index in [9.17, 15) is 8.42 Å². The van der Waals surface area contributed by atoms with E-state index in [4.69, 9.17) is 28.4 Å². The number of sulfone groups is 1. The molecule has 2 atom stereocenters. The maximum atomic E-state index is 14.9. The molecule has 0 fully saturated rings. The molecule has 248 valence electrons. The molecule has 0 aromatic heterocycles. The van der Waals surface area contributed by atoms with Gasteiger partial charge in [-0.25, -0.2) is 8.42 Å². The Bertz CT molecular complexity index is 1640. The zero-order chi connectivity index (χ0) is 33.8. The monoisotopic (exact) mass is 658 g/mol. The van der Waals surface area contributed by atoms with Crippen LogP contribution in [0.1, 0.15) is 46.6 Å². The maximum Gasteiger partial charge on any atom is 0.171 e. The predicted molar refractivity (Wildman–Crippen MR) is 187 cm³/mol. The first kappa shape index (κ1) is 35.0. The summed E-state index contributed by atoms with van der Waals surface area (Å²) in [4.78, 5) is 0. The van der Waals surface area contributed by atoms with E-state index in [1.165, 1.54) is 0 Å².